The van der Waals surface area contributed by atoms with Crippen LogP contribution in [0.1, 0.15) is 46.9 Å². The number of ether oxygens (including phenoxy) is 1. The van der Waals surface area contributed by atoms with E-state index in [1.54, 1.807) is 48.5 Å². The van der Waals surface area contributed by atoms with Gasteiger partial charge in [0.25, 0.3) is 11.8 Å². The van der Waals surface area contributed by atoms with Gasteiger partial charge in [-0.3, -0.25) is 14.9 Å². The van der Waals surface area contributed by atoms with E-state index in [0.29, 0.717) is 34.9 Å². The summed E-state index contributed by atoms with van der Waals surface area (Å²) in [6.45, 7) is 2.77. The fraction of sp³-hybridized carbons (Fsp3) is 0.192. The highest BCUT2D eigenvalue weighted by molar-refractivity contribution is 7.80. The Morgan fingerprint density at radius 3 is 2.37 bits per heavy atom. The van der Waals surface area contributed by atoms with Gasteiger partial charge in [-0.25, -0.2) is 4.39 Å². The van der Waals surface area contributed by atoms with E-state index in [0.717, 1.165) is 19.3 Å². The van der Waals surface area contributed by atoms with Crippen LogP contribution in [0.4, 0.5) is 15.8 Å². The summed E-state index contributed by atoms with van der Waals surface area (Å²) < 4.78 is 19.0. The molecule has 0 aliphatic rings. The molecule has 0 unspecified atom stereocenters. The number of hydrogen-bond acceptors (Lipinski definition) is 4. The molecule has 0 radical (unpaired) electrons. The van der Waals surface area contributed by atoms with Crippen LogP contribution in [-0.2, 0) is 0 Å². The van der Waals surface area contributed by atoms with Crippen LogP contribution in [0, 0.1) is 5.82 Å². The van der Waals surface area contributed by atoms with Crippen molar-refractivity contribution in [1.29, 1.82) is 0 Å². The Morgan fingerprint density at radius 1 is 0.914 bits per heavy atom. The number of nitrogens with one attached hydrogen (secondary N) is 3. The lowest BCUT2D eigenvalue weighted by Crippen LogP contribution is -2.34. The van der Waals surface area contributed by atoms with Crippen LogP contribution in [0.2, 0.25) is 5.02 Å². The maximum absolute atomic E-state index is 13.3. The SMILES string of the molecule is CCCCCOc1ccc(C(=O)NC(=S)Nc2cccc(C(=O)Nc3ccc(F)c(Cl)c3)c2)cc1. The van der Waals surface area contributed by atoms with Crippen LogP contribution in [0.5, 0.6) is 5.75 Å². The van der Waals surface area contributed by atoms with Crippen molar-refractivity contribution < 1.29 is 18.7 Å². The van der Waals surface area contributed by atoms with E-state index in [1.807, 2.05) is 0 Å². The second-order valence-electron chi connectivity index (χ2n) is 7.65. The molecular weight excluding hydrogens is 489 g/mol. The van der Waals surface area contributed by atoms with Crippen LogP contribution in [0.3, 0.4) is 0 Å². The molecule has 0 fully saturated rings. The average Bonchev–Trinajstić information content (AvgIpc) is 2.84. The maximum atomic E-state index is 13.3. The predicted octanol–water partition coefficient (Wildman–Crippen LogP) is 6.43. The quantitative estimate of drug-likeness (QED) is 0.227. The molecule has 6 nitrogen and oxygen atoms in total. The molecule has 0 bridgehead atoms. The number of thiocarbonyl (C=S) groups is 1. The molecule has 0 atom stereocenters. The van der Waals surface area contributed by atoms with Gasteiger partial charge in [0.15, 0.2) is 5.11 Å². The summed E-state index contributed by atoms with van der Waals surface area (Å²) in [7, 11) is 0. The molecule has 3 aromatic carbocycles. The number of unbranched alkanes of at least 4 members (excludes halogenated alkanes) is 2. The topological polar surface area (TPSA) is 79.5 Å². The van der Waals surface area contributed by atoms with Crippen molar-refractivity contribution >= 4 is 52.1 Å². The van der Waals surface area contributed by atoms with Gasteiger partial charge in [-0.1, -0.05) is 37.4 Å². The third-order valence-corrected chi connectivity index (χ3v) is 5.41. The van der Waals surface area contributed by atoms with Crippen LogP contribution < -0.4 is 20.7 Å². The molecule has 2 amide bonds. The van der Waals surface area contributed by atoms with Crippen molar-refractivity contribution in [1.82, 2.24) is 5.32 Å². The summed E-state index contributed by atoms with van der Waals surface area (Å²) in [6, 6.07) is 17.3. The monoisotopic (exact) mass is 513 g/mol. The van der Waals surface area contributed by atoms with E-state index in [1.165, 1.54) is 18.2 Å². The number of halogens is 2. The van der Waals surface area contributed by atoms with Crippen LogP contribution in [0.15, 0.2) is 66.7 Å². The van der Waals surface area contributed by atoms with Crippen LogP contribution in [-0.4, -0.2) is 23.5 Å². The summed E-state index contributed by atoms with van der Waals surface area (Å²) in [6.07, 6.45) is 3.23. The summed E-state index contributed by atoms with van der Waals surface area (Å²) in [5.74, 6) is -0.653. The van der Waals surface area contributed by atoms with Gasteiger partial charge >= 0.3 is 0 Å². The number of carbonyl (C=O) groups is 2. The van der Waals surface area contributed by atoms with Gasteiger partial charge < -0.3 is 15.4 Å². The fourth-order valence-electron chi connectivity index (χ4n) is 3.10. The highest BCUT2D eigenvalue weighted by Crippen LogP contribution is 2.20. The first-order valence-electron chi connectivity index (χ1n) is 11.1. The van der Waals surface area contributed by atoms with Gasteiger partial charge in [0.05, 0.1) is 11.6 Å². The Bertz CT molecular complexity index is 1200. The van der Waals surface area contributed by atoms with E-state index in [2.05, 4.69) is 22.9 Å². The molecule has 9 heteroatoms. The first kappa shape index (κ1) is 26.1. The van der Waals surface area contributed by atoms with Gasteiger partial charge in [0, 0.05) is 22.5 Å². The summed E-state index contributed by atoms with van der Waals surface area (Å²) in [5.41, 5.74) is 1.64. The minimum atomic E-state index is -0.571. The molecule has 0 aliphatic carbocycles. The largest absolute Gasteiger partial charge is 0.494 e. The predicted molar refractivity (Wildman–Crippen MR) is 141 cm³/mol. The number of carbonyl (C=O) groups excluding carboxylic acids is 2. The number of rotatable bonds is 9. The third kappa shape index (κ3) is 8.05. The van der Waals surface area contributed by atoms with Gasteiger partial charge in [-0.15, -0.1) is 0 Å². The third-order valence-electron chi connectivity index (χ3n) is 4.92. The smallest absolute Gasteiger partial charge is 0.257 e. The van der Waals surface area contributed by atoms with Crippen LogP contribution >= 0.6 is 23.8 Å². The van der Waals surface area contributed by atoms with E-state index in [-0.39, 0.29) is 16.0 Å². The lowest BCUT2D eigenvalue weighted by Gasteiger charge is -2.12. The van der Waals surface area contributed by atoms with Crippen molar-refractivity contribution in [3.8, 4) is 5.75 Å². The first-order valence-corrected chi connectivity index (χ1v) is 11.9. The lowest BCUT2D eigenvalue weighted by atomic mass is 10.2. The molecule has 0 aliphatic heterocycles. The summed E-state index contributed by atoms with van der Waals surface area (Å²) in [4.78, 5) is 25.1. The highest BCUT2D eigenvalue weighted by Gasteiger charge is 2.11. The molecule has 0 saturated carbocycles. The Balaban J connectivity index is 1.54. The van der Waals surface area contributed by atoms with Crippen molar-refractivity contribution in [3.05, 3.63) is 88.7 Å². The molecule has 0 aromatic heterocycles. The van der Waals surface area contributed by atoms with Crippen molar-refractivity contribution in [2.24, 2.45) is 0 Å². The van der Waals surface area contributed by atoms with Gasteiger partial charge in [0.1, 0.15) is 11.6 Å². The zero-order valence-corrected chi connectivity index (χ0v) is 20.6. The Labute approximate surface area is 213 Å². The van der Waals surface area contributed by atoms with Gasteiger partial charge in [0.2, 0.25) is 0 Å². The standard InChI is InChI=1S/C26H25ClFN3O3S/c1-2-3-4-14-34-21-11-8-17(9-12-21)24(32)31-26(35)30-19-7-5-6-18(15-19)25(33)29-20-10-13-23(28)22(27)16-20/h5-13,15-16H,2-4,14H2,1H3,(H,29,33)(H2,30,31,32,35). The summed E-state index contributed by atoms with van der Waals surface area (Å²) >= 11 is 11.0. The Morgan fingerprint density at radius 2 is 1.66 bits per heavy atom. The molecule has 0 heterocycles. The van der Waals surface area contributed by atoms with Crippen molar-refractivity contribution in [3.63, 3.8) is 0 Å². The zero-order valence-electron chi connectivity index (χ0n) is 19.1. The van der Waals surface area contributed by atoms with E-state index in [9.17, 15) is 14.0 Å². The van der Waals surface area contributed by atoms with Gasteiger partial charge in [-0.2, -0.15) is 0 Å². The average molecular weight is 514 g/mol. The maximum Gasteiger partial charge on any atom is 0.257 e. The zero-order chi connectivity index (χ0) is 25.2. The van der Waals surface area contributed by atoms with E-state index >= 15 is 0 Å². The molecular formula is C26H25ClFN3O3S. The first-order chi connectivity index (χ1) is 16.9. The molecule has 182 valence electrons. The summed E-state index contributed by atoms with van der Waals surface area (Å²) in [5, 5.41) is 8.15. The van der Waals surface area contributed by atoms with Gasteiger partial charge in [-0.05, 0) is 79.3 Å². The molecule has 3 aromatic rings. The number of hydrogen-bond donors (Lipinski definition) is 3. The highest BCUT2D eigenvalue weighted by atomic mass is 35.5. The minimum Gasteiger partial charge on any atom is -0.494 e. The minimum absolute atomic E-state index is 0.0813. The Kier molecular flexibility index (Phi) is 9.57. The van der Waals surface area contributed by atoms with Crippen LogP contribution in [0.25, 0.3) is 0 Å². The molecule has 0 saturated heterocycles. The molecule has 35 heavy (non-hydrogen) atoms. The normalized spacial score (nSPS) is 10.4. The molecule has 3 rings (SSSR count). The second kappa shape index (κ2) is 12.8. The second-order valence-corrected chi connectivity index (χ2v) is 8.47. The fourth-order valence-corrected chi connectivity index (χ4v) is 3.49. The van der Waals surface area contributed by atoms with Crippen molar-refractivity contribution in [2.45, 2.75) is 26.2 Å². The van der Waals surface area contributed by atoms with E-state index in [4.69, 9.17) is 28.6 Å². The Hall–Kier alpha value is -3.49. The molecule has 0 spiro atoms. The lowest BCUT2D eigenvalue weighted by molar-refractivity contribution is 0.0976. The number of benzene rings is 3. The number of amides is 2. The molecule has 3 N–H and O–H groups in total. The van der Waals surface area contributed by atoms with E-state index < -0.39 is 11.7 Å². The van der Waals surface area contributed by atoms with Crippen molar-refractivity contribution in [2.75, 3.05) is 17.2 Å². The number of anilines is 2.